The number of Topliss-reactive ketones (excluding diaryl/α,β-unsaturated/α-hetero) is 1. The number of carbonyl (C=O) groups excluding carboxylic acids is 1. The molecule has 2 atom stereocenters. The van der Waals surface area contributed by atoms with Gasteiger partial charge in [-0.1, -0.05) is 27.7 Å². The smallest absolute Gasteiger partial charge is 0.138 e. The van der Waals surface area contributed by atoms with Gasteiger partial charge in [0.15, 0.2) is 0 Å². The number of ketones is 1. The normalized spacial score (nSPS) is 26.9. The van der Waals surface area contributed by atoms with Gasteiger partial charge in [-0.15, -0.1) is 0 Å². The van der Waals surface area contributed by atoms with Crippen molar-refractivity contribution < 1.29 is 4.79 Å². The van der Waals surface area contributed by atoms with Crippen LogP contribution < -0.4 is 5.32 Å². The van der Waals surface area contributed by atoms with Gasteiger partial charge in [0.2, 0.25) is 0 Å². The Labute approximate surface area is 81.1 Å². The van der Waals surface area contributed by atoms with Gasteiger partial charge < -0.3 is 5.32 Å². The first-order valence-corrected chi connectivity index (χ1v) is 5.29. The van der Waals surface area contributed by atoms with E-state index < -0.39 is 0 Å². The molecule has 0 aliphatic heterocycles. The Bertz CT molecular complexity index is 187. The lowest BCUT2D eigenvalue weighted by Gasteiger charge is -2.07. The van der Waals surface area contributed by atoms with Gasteiger partial charge in [0.1, 0.15) is 5.78 Å². The van der Waals surface area contributed by atoms with E-state index in [1.807, 2.05) is 13.8 Å². The summed E-state index contributed by atoms with van der Waals surface area (Å²) in [6.07, 6.45) is 1.11. The Morgan fingerprint density at radius 3 is 2.46 bits per heavy atom. The minimum absolute atomic E-state index is 0.217. The molecule has 2 heteroatoms. The first-order chi connectivity index (χ1) is 6.02. The first-order valence-electron chi connectivity index (χ1n) is 5.29. The molecule has 2 nitrogen and oxygen atoms in total. The maximum Gasteiger partial charge on any atom is 0.138 e. The molecule has 0 aromatic carbocycles. The molecule has 13 heavy (non-hydrogen) atoms. The molecule has 0 saturated heterocycles. The average Bonchev–Trinajstić information content (AvgIpc) is 2.78. The molecule has 1 aliphatic carbocycles. The van der Waals surface area contributed by atoms with Crippen molar-refractivity contribution in [3.8, 4) is 0 Å². The van der Waals surface area contributed by atoms with Gasteiger partial charge >= 0.3 is 0 Å². The highest BCUT2D eigenvalue weighted by Crippen LogP contribution is 2.40. The van der Waals surface area contributed by atoms with Crippen LogP contribution in [0.4, 0.5) is 0 Å². The summed E-state index contributed by atoms with van der Waals surface area (Å²) >= 11 is 0. The van der Waals surface area contributed by atoms with Gasteiger partial charge in [-0.05, 0) is 18.9 Å². The molecule has 76 valence electrons. The van der Waals surface area contributed by atoms with E-state index in [1.54, 1.807) is 0 Å². The van der Waals surface area contributed by atoms with Crippen LogP contribution in [0.2, 0.25) is 0 Å². The summed E-state index contributed by atoms with van der Waals surface area (Å²) in [7, 11) is 0. The van der Waals surface area contributed by atoms with Crippen LogP contribution in [0.3, 0.4) is 0 Å². The third kappa shape index (κ3) is 3.11. The van der Waals surface area contributed by atoms with Crippen LogP contribution in [-0.4, -0.2) is 18.4 Å². The molecule has 1 saturated carbocycles. The summed E-state index contributed by atoms with van der Waals surface area (Å²) in [5.74, 6) is 1.66. The largest absolute Gasteiger partial charge is 0.314 e. The lowest BCUT2D eigenvalue weighted by molar-refractivity contribution is -0.123. The Morgan fingerprint density at radius 2 is 2.00 bits per heavy atom. The second kappa shape index (κ2) is 4.23. The van der Waals surface area contributed by atoms with Gasteiger partial charge in [0.25, 0.3) is 0 Å². The summed E-state index contributed by atoms with van der Waals surface area (Å²) in [6, 6.07) is 0.537. The molecule has 0 heterocycles. The van der Waals surface area contributed by atoms with Crippen molar-refractivity contribution in [3.63, 3.8) is 0 Å². The van der Waals surface area contributed by atoms with E-state index in [0.717, 1.165) is 13.0 Å². The van der Waals surface area contributed by atoms with Crippen LogP contribution in [0.1, 0.15) is 34.1 Å². The fourth-order valence-corrected chi connectivity index (χ4v) is 1.64. The fraction of sp³-hybridized carbons (Fsp3) is 0.909. The predicted octanol–water partition coefficient (Wildman–Crippen LogP) is 1.85. The van der Waals surface area contributed by atoms with E-state index in [-0.39, 0.29) is 5.92 Å². The maximum absolute atomic E-state index is 11.5. The van der Waals surface area contributed by atoms with Gasteiger partial charge in [-0.3, -0.25) is 4.79 Å². The molecule has 0 aromatic rings. The zero-order chi connectivity index (χ0) is 10.0. The number of hydrogen-bond acceptors (Lipinski definition) is 2. The quantitative estimate of drug-likeness (QED) is 0.704. The lowest BCUT2D eigenvalue weighted by Crippen LogP contribution is -2.26. The molecular weight excluding hydrogens is 162 g/mol. The van der Waals surface area contributed by atoms with Crippen LogP contribution in [0.5, 0.6) is 0 Å². The van der Waals surface area contributed by atoms with E-state index >= 15 is 0 Å². The second-order valence-corrected chi connectivity index (χ2v) is 4.72. The Hall–Kier alpha value is -0.370. The first kappa shape index (κ1) is 10.7. The highest BCUT2D eigenvalue weighted by molar-refractivity contribution is 5.85. The van der Waals surface area contributed by atoms with Crippen molar-refractivity contribution >= 4 is 5.78 Å². The standard InChI is InChI=1S/C11H21NO/c1-7(2)11(13)10-5-9(10)6-12-8(3)4/h7-10,12H,5-6H2,1-4H3. The molecular formula is C11H21NO. The van der Waals surface area contributed by atoms with Gasteiger partial charge in [-0.25, -0.2) is 0 Å². The Balaban J connectivity index is 2.19. The number of hydrogen-bond donors (Lipinski definition) is 1. The topological polar surface area (TPSA) is 29.1 Å². The van der Waals surface area contributed by atoms with E-state index in [9.17, 15) is 4.79 Å². The monoisotopic (exact) mass is 183 g/mol. The lowest BCUT2D eigenvalue weighted by atomic mass is 10.0. The van der Waals surface area contributed by atoms with Crippen LogP contribution in [0.25, 0.3) is 0 Å². The highest BCUT2D eigenvalue weighted by atomic mass is 16.1. The Morgan fingerprint density at radius 1 is 1.38 bits per heavy atom. The second-order valence-electron chi connectivity index (χ2n) is 4.72. The predicted molar refractivity (Wildman–Crippen MR) is 54.6 cm³/mol. The zero-order valence-electron chi connectivity index (χ0n) is 9.13. The molecule has 1 rings (SSSR count). The van der Waals surface area contributed by atoms with Crippen molar-refractivity contribution in [2.45, 2.75) is 40.2 Å². The molecule has 0 spiro atoms. The minimum Gasteiger partial charge on any atom is -0.314 e. The van der Waals surface area contributed by atoms with E-state index in [4.69, 9.17) is 0 Å². The number of nitrogens with one attached hydrogen (secondary N) is 1. The van der Waals surface area contributed by atoms with Crippen LogP contribution in [-0.2, 0) is 4.79 Å². The van der Waals surface area contributed by atoms with Crippen molar-refractivity contribution in [2.75, 3.05) is 6.54 Å². The van der Waals surface area contributed by atoms with Gasteiger partial charge in [0.05, 0.1) is 0 Å². The average molecular weight is 183 g/mol. The zero-order valence-corrected chi connectivity index (χ0v) is 9.13. The molecule has 1 N–H and O–H groups in total. The van der Waals surface area contributed by atoms with E-state index in [2.05, 4.69) is 19.2 Å². The van der Waals surface area contributed by atoms with Crippen molar-refractivity contribution in [1.82, 2.24) is 5.32 Å². The SMILES string of the molecule is CC(C)NCC1CC1C(=O)C(C)C. The van der Waals surface area contributed by atoms with Crippen LogP contribution >= 0.6 is 0 Å². The van der Waals surface area contributed by atoms with Crippen LogP contribution in [0, 0.1) is 17.8 Å². The van der Waals surface area contributed by atoms with Gasteiger partial charge in [0, 0.05) is 17.9 Å². The van der Waals surface area contributed by atoms with Crippen molar-refractivity contribution in [2.24, 2.45) is 17.8 Å². The van der Waals surface area contributed by atoms with Crippen LogP contribution in [0.15, 0.2) is 0 Å². The van der Waals surface area contributed by atoms with Crippen molar-refractivity contribution in [1.29, 1.82) is 0 Å². The third-order valence-electron chi connectivity index (χ3n) is 2.65. The molecule has 0 aromatic heterocycles. The number of carbonyl (C=O) groups is 1. The third-order valence-corrected chi connectivity index (χ3v) is 2.65. The molecule has 0 amide bonds. The summed E-state index contributed by atoms with van der Waals surface area (Å²) in [5.41, 5.74) is 0. The van der Waals surface area contributed by atoms with Gasteiger partial charge in [-0.2, -0.15) is 0 Å². The van der Waals surface area contributed by atoms with E-state index in [0.29, 0.717) is 23.7 Å². The molecule has 2 unspecified atom stereocenters. The minimum atomic E-state index is 0.217. The summed E-state index contributed by atoms with van der Waals surface area (Å²) in [4.78, 5) is 11.5. The molecule has 0 bridgehead atoms. The maximum atomic E-state index is 11.5. The molecule has 1 fully saturated rings. The summed E-state index contributed by atoms with van der Waals surface area (Å²) in [6.45, 7) is 9.28. The summed E-state index contributed by atoms with van der Waals surface area (Å²) in [5, 5.41) is 3.38. The van der Waals surface area contributed by atoms with Crippen molar-refractivity contribution in [3.05, 3.63) is 0 Å². The van der Waals surface area contributed by atoms with E-state index in [1.165, 1.54) is 0 Å². The molecule has 0 radical (unpaired) electrons. The highest BCUT2D eigenvalue weighted by Gasteiger charge is 2.42. The molecule has 1 aliphatic rings. The Kier molecular flexibility index (Phi) is 3.48. The summed E-state index contributed by atoms with van der Waals surface area (Å²) < 4.78 is 0. The fourth-order valence-electron chi connectivity index (χ4n) is 1.64. The number of rotatable bonds is 5.